The molecular formula is C23H23N5O2. The Kier molecular flexibility index (Phi) is 5.98. The van der Waals surface area contributed by atoms with Gasteiger partial charge in [0.05, 0.1) is 13.0 Å². The molecule has 0 bridgehead atoms. The lowest BCUT2D eigenvalue weighted by Crippen LogP contribution is -2.26. The van der Waals surface area contributed by atoms with Crippen molar-refractivity contribution < 1.29 is 9.21 Å². The normalized spacial score (nSPS) is 10.8. The van der Waals surface area contributed by atoms with Crippen molar-refractivity contribution in [1.82, 2.24) is 25.1 Å². The number of benzene rings is 2. The highest BCUT2D eigenvalue weighted by Crippen LogP contribution is 2.20. The molecule has 0 atom stereocenters. The minimum atomic E-state index is 0.00245. The van der Waals surface area contributed by atoms with E-state index in [-0.39, 0.29) is 5.91 Å². The number of hydrogen-bond donors (Lipinski definition) is 1. The van der Waals surface area contributed by atoms with Crippen LogP contribution < -0.4 is 0 Å². The predicted octanol–water partition coefficient (Wildman–Crippen LogP) is 3.64. The molecule has 0 aliphatic rings. The second-order valence-corrected chi connectivity index (χ2v) is 7.11. The van der Waals surface area contributed by atoms with E-state index in [1.165, 1.54) is 11.1 Å². The van der Waals surface area contributed by atoms with Crippen LogP contribution in [0.1, 0.15) is 29.6 Å². The van der Waals surface area contributed by atoms with Crippen LogP contribution in [0.3, 0.4) is 0 Å². The van der Waals surface area contributed by atoms with Gasteiger partial charge in [-0.25, -0.2) is 4.98 Å². The third-order valence-electron chi connectivity index (χ3n) is 4.85. The lowest BCUT2D eigenvalue weighted by atomic mass is 10.0. The maximum atomic E-state index is 12.3. The topological polar surface area (TPSA) is 87.9 Å². The van der Waals surface area contributed by atoms with Crippen molar-refractivity contribution in [3.05, 3.63) is 90.2 Å². The van der Waals surface area contributed by atoms with Gasteiger partial charge in [-0.2, -0.15) is 0 Å². The van der Waals surface area contributed by atoms with Gasteiger partial charge in [0.2, 0.25) is 17.7 Å². The Bertz CT molecular complexity index is 1070. The molecule has 0 aliphatic heterocycles. The Labute approximate surface area is 174 Å². The summed E-state index contributed by atoms with van der Waals surface area (Å²) in [7, 11) is 1.75. The van der Waals surface area contributed by atoms with Crippen molar-refractivity contribution in [1.29, 1.82) is 0 Å². The summed E-state index contributed by atoms with van der Waals surface area (Å²) in [6.45, 7) is 0.444. The molecule has 30 heavy (non-hydrogen) atoms. The van der Waals surface area contributed by atoms with E-state index in [9.17, 15) is 4.79 Å². The summed E-state index contributed by atoms with van der Waals surface area (Å²) in [4.78, 5) is 21.0. The number of imidazole rings is 1. The highest BCUT2D eigenvalue weighted by Gasteiger charge is 2.13. The van der Waals surface area contributed by atoms with Crippen LogP contribution >= 0.6 is 0 Å². The van der Waals surface area contributed by atoms with Crippen molar-refractivity contribution in [3.63, 3.8) is 0 Å². The van der Waals surface area contributed by atoms with E-state index in [1.807, 2.05) is 18.2 Å². The van der Waals surface area contributed by atoms with Crippen LogP contribution in [0, 0.1) is 0 Å². The van der Waals surface area contributed by atoms with Crippen molar-refractivity contribution in [2.75, 3.05) is 7.05 Å². The molecule has 2 heterocycles. The molecule has 2 aromatic heterocycles. The first-order chi connectivity index (χ1) is 14.7. The zero-order valence-corrected chi connectivity index (χ0v) is 16.8. The van der Waals surface area contributed by atoms with E-state index < -0.39 is 0 Å². The van der Waals surface area contributed by atoms with Crippen LogP contribution in [0.2, 0.25) is 0 Å². The molecule has 7 heteroatoms. The van der Waals surface area contributed by atoms with Gasteiger partial charge in [0, 0.05) is 32.3 Å². The molecule has 1 N–H and O–H groups in total. The number of aryl methyl sites for hydroxylation is 1. The zero-order chi connectivity index (χ0) is 20.8. The molecule has 7 nitrogen and oxygen atoms in total. The van der Waals surface area contributed by atoms with Crippen LogP contribution in [-0.2, 0) is 24.2 Å². The molecule has 0 aliphatic carbocycles. The van der Waals surface area contributed by atoms with Crippen LogP contribution in [0.5, 0.6) is 0 Å². The van der Waals surface area contributed by atoms with E-state index >= 15 is 0 Å². The number of rotatable bonds is 8. The Balaban J connectivity index is 1.29. The van der Waals surface area contributed by atoms with Crippen molar-refractivity contribution in [2.24, 2.45) is 0 Å². The Hall–Kier alpha value is -3.74. The van der Waals surface area contributed by atoms with E-state index in [0.29, 0.717) is 37.6 Å². The first kappa shape index (κ1) is 19.6. The second-order valence-electron chi connectivity index (χ2n) is 7.11. The summed E-state index contributed by atoms with van der Waals surface area (Å²) in [5.74, 6) is 1.78. The van der Waals surface area contributed by atoms with Gasteiger partial charge in [0.1, 0.15) is 5.82 Å². The van der Waals surface area contributed by atoms with Gasteiger partial charge in [0.25, 0.3) is 0 Å². The summed E-state index contributed by atoms with van der Waals surface area (Å²) >= 11 is 0. The third kappa shape index (κ3) is 5.00. The molecule has 0 unspecified atom stereocenters. The lowest BCUT2D eigenvalue weighted by Gasteiger charge is -2.14. The minimum Gasteiger partial charge on any atom is -0.425 e. The van der Waals surface area contributed by atoms with Gasteiger partial charge in [-0.05, 0) is 16.7 Å². The average Bonchev–Trinajstić information content (AvgIpc) is 3.45. The number of nitrogens with one attached hydrogen (secondary N) is 1. The molecule has 0 spiro atoms. The minimum absolute atomic E-state index is 0.00245. The molecule has 152 valence electrons. The highest BCUT2D eigenvalue weighted by atomic mass is 16.4. The highest BCUT2D eigenvalue weighted by molar-refractivity contribution is 5.75. The Morgan fingerprint density at radius 1 is 1.00 bits per heavy atom. The van der Waals surface area contributed by atoms with E-state index in [0.717, 1.165) is 11.4 Å². The summed E-state index contributed by atoms with van der Waals surface area (Å²) < 4.78 is 5.73. The van der Waals surface area contributed by atoms with E-state index in [4.69, 9.17) is 4.42 Å². The number of aromatic amines is 1. The number of carbonyl (C=O) groups is 1. The fraction of sp³-hybridized carbons (Fsp3) is 0.217. The Morgan fingerprint density at radius 3 is 2.47 bits per heavy atom. The maximum absolute atomic E-state index is 12.3. The number of nitrogens with zero attached hydrogens (tertiary/aromatic N) is 4. The van der Waals surface area contributed by atoms with Crippen molar-refractivity contribution in [2.45, 2.75) is 25.8 Å². The molecule has 1 amide bonds. The molecule has 0 fully saturated rings. The number of H-pyrrole nitrogens is 1. The summed E-state index contributed by atoms with van der Waals surface area (Å²) in [6.07, 6.45) is 4.70. The van der Waals surface area contributed by atoms with Gasteiger partial charge in [-0.3, -0.25) is 4.79 Å². The summed E-state index contributed by atoms with van der Waals surface area (Å²) in [5, 5.41) is 8.20. The van der Waals surface area contributed by atoms with E-state index in [2.05, 4.69) is 56.6 Å². The number of hydrogen-bond acceptors (Lipinski definition) is 5. The van der Waals surface area contributed by atoms with Gasteiger partial charge >= 0.3 is 0 Å². The first-order valence-corrected chi connectivity index (χ1v) is 9.85. The molecule has 4 rings (SSSR count). The van der Waals surface area contributed by atoms with Crippen molar-refractivity contribution >= 4 is 5.91 Å². The number of aromatic nitrogens is 4. The van der Waals surface area contributed by atoms with Crippen LogP contribution in [0.15, 0.2) is 71.4 Å². The van der Waals surface area contributed by atoms with Gasteiger partial charge in [-0.15, -0.1) is 10.2 Å². The summed E-state index contributed by atoms with van der Waals surface area (Å²) in [5.41, 5.74) is 3.45. The fourth-order valence-electron chi connectivity index (χ4n) is 3.18. The molecule has 0 saturated carbocycles. The second kappa shape index (κ2) is 9.17. The zero-order valence-electron chi connectivity index (χ0n) is 16.8. The van der Waals surface area contributed by atoms with Crippen LogP contribution in [-0.4, -0.2) is 38.0 Å². The van der Waals surface area contributed by atoms with Crippen LogP contribution in [0.25, 0.3) is 11.1 Å². The van der Waals surface area contributed by atoms with Crippen LogP contribution in [0.4, 0.5) is 0 Å². The SMILES string of the molecule is CN(Cc1ncc[nH]1)C(=O)CCc1nnc(Cc2ccc(-c3ccccc3)cc2)o1. The molecule has 4 aromatic rings. The van der Waals surface area contributed by atoms with Gasteiger partial charge in [0.15, 0.2) is 0 Å². The lowest BCUT2D eigenvalue weighted by molar-refractivity contribution is -0.130. The van der Waals surface area contributed by atoms with Crippen molar-refractivity contribution in [3.8, 4) is 11.1 Å². The third-order valence-corrected chi connectivity index (χ3v) is 4.85. The molecular weight excluding hydrogens is 378 g/mol. The standard InChI is InChI=1S/C23H23N5O2/c1-28(16-20-24-13-14-25-20)23(29)12-11-21-26-27-22(30-21)15-17-7-9-19(10-8-17)18-5-3-2-4-6-18/h2-10,13-14H,11-12,15-16H2,1H3,(H,24,25). The largest absolute Gasteiger partial charge is 0.425 e. The summed E-state index contributed by atoms with van der Waals surface area (Å²) in [6, 6.07) is 18.6. The van der Waals surface area contributed by atoms with E-state index in [1.54, 1.807) is 24.3 Å². The van der Waals surface area contributed by atoms with Gasteiger partial charge < -0.3 is 14.3 Å². The maximum Gasteiger partial charge on any atom is 0.223 e. The molecule has 0 radical (unpaired) electrons. The Morgan fingerprint density at radius 2 is 1.73 bits per heavy atom. The average molecular weight is 401 g/mol. The number of amides is 1. The number of carbonyl (C=O) groups excluding carboxylic acids is 1. The van der Waals surface area contributed by atoms with Gasteiger partial charge in [-0.1, -0.05) is 54.6 Å². The fourth-order valence-corrected chi connectivity index (χ4v) is 3.18. The first-order valence-electron chi connectivity index (χ1n) is 9.85. The smallest absolute Gasteiger partial charge is 0.223 e. The predicted molar refractivity (Wildman–Crippen MR) is 112 cm³/mol. The monoisotopic (exact) mass is 401 g/mol. The quantitative estimate of drug-likeness (QED) is 0.487. The molecule has 0 saturated heterocycles. The molecule has 2 aromatic carbocycles.